The summed E-state index contributed by atoms with van der Waals surface area (Å²) in [7, 11) is -4.08. The van der Waals surface area contributed by atoms with Crippen LogP contribution in [0.1, 0.15) is 133 Å². The summed E-state index contributed by atoms with van der Waals surface area (Å²) in [5, 5.41) is 11.0. The summed E-state index contributed by atoms with van der Waals surface area (Å²) in [5.41, 5.74) is 2.11. The molecule has 4 saturated heterocycles. The van der Waals surface area contributed by atoms with Gasteiger partial charge < -0.3 is 51.1 Å². The summed E-state index contributed by atoms with van der Waals surface area (Å²) < 4.78 is 41.0. The first kappa shape index (κ1) is 58.0. The largest absolute Gasteiger partial charge is 0.399 e. The second-order valence-electron chi connectivity index (χ2n) is 22.0. The maximum atomic E-state index is 14.6. The van der Waals surface area contributed by atoms with Gasteiger partial charge in [0, 0.05) is 72.9 Å². The first-order valence-electron chi connectivity index (χ1n) is 27.3. The van der Waals surface area contributed by atoms with Crippen LogP contribution in [0.15, 0.2) is 42.5 Å². The number of likely N-dealkylation sites (tertiary alicyclic amines) is 1. The highest BCUT2D eigenvalue weighted by molar-refractivity contribution is 7.52. The van der Waals surface area contributed by atoms with Gasteiger partial charge >= 0.3 is 13.3 Å². The number of imide groups is 1. The maximum absolute atomic E-state index is 14.6. The fourth-order valence-corrected chi connectivity index (χ4v) is 13.6. The molecule has 6 aliphatic rings. The number of alkyl halides is 2. The topological polar surface area (TPSA) is 298 Å². The van der Waals surface area contributed by atoms with Gasteiger partial charge in [-0.1, -0.05) is 36.8 Å². The number of rotatable bonds is 16. The quantitative estimate of drug-likeness (QED) is 0.0617. The highest BCUT2D eigenvalue weighted by Crippen LogP contribution is 2.59. The SMILES string of the molecule is CN1CC[C@H]2CC[C@@H](C(=O)N[C@@H](CCC(N)=O)C(=O)N[C@H](C(=O)N3CCC(CCC#Cc4cccc5c4CN(C4CCC(=O)NC4=O)C5=O)CC3)C3CCCC3)N2C(=O)[C@@H](NC(=O)c2cc3cc(C(F)(F)P(=O)(O)O)ccc3s2)C1. The Morgan fingerprint density at radius 3 is 2.40 bits per heavy atom. The van der Waals surface area contributed by atoms with Crippen molar-refractivity contribution >= 4 is 82.2 Å². The van der Waals surface area contributed by atoms with Gasteiger partial charge in [0.1, 0.15) is 30.2 Å². The minimum atomic E-state index is -5.86. The highest BCUT2D eigenvalue weighted by Gasteiger charge is 2.51. The van der Waals surface area contributed by atoms with Gasteiger partial charge in [0.25, 0.3) is 11.8 Å². The zero-order chi connectivity index (χ0) is 57.2. The number of thiophene rings is 1. The number of hydrogen-bond donors (Lipinski definition) is 7. The molecule has 6 heterocycles. The van der Waals surface area contributed by atoms with E-state index >= 15 is 0 Å². The Morgan fingerprint density at radius 2 is 1.69 bits per heavy atom. The summed E-state index contributed by atoms with van der Waals surface area (Å²) in [6.45, 7) is 1.69. The lowest BCUT2D eigenvalue weighted by Gasteiger charge is -2.38. The van der Waals surface area contributed by atoms with E-state index in [1.54, 1.807) is 24.1 Å². The van der Waals surface area contributed by atoms with Gasteiger partial charge in [0.2, 0.25) is 41.4 Å². The molecule has 1 aromatic heterocycles. The van der Waals surface area contributed by atoms with Crippen LogP contribution >= 0.6 is 18.9 Å². The molecule has 5 fully saturated rings. The number of carbonyl (C=O) groups excluding carboxylic acids is 9. The summed E-state index contributed by atoms with van der Waals surface area (Å²) >= 11 is 0.930. The molecule has 3 aromatic rings. The monoisotopic (exact) mass is 1150 g/mol. The van der Waals surface area contributed by atoms with Crippen molar-refractivity contribution < 1.29 is 66.3 Å². The number of likely N-dealkylation sites (N-methyl/N-ethyl adjacent to an activating group) is 1. The van der Waals surface area contributed by atoms with E-state index in [9.17, 15) is 66.3 Å². The molecule has 2 aromatic carbocycles. The minimum Gasteiger partial charge on any atom is -0.370 e. The lowest BCUT2D eigenvalue weighted by molar-refractivity contribution is -0.144. The Bertz CT molecular complexity index is 3090. The number of carbonyl (C=O) groups is 9. The molecule has 9 amide bonds. The average Bonchev–Trinajstić information content (AvgIpc) is 4.30. The van der Waals surface area contributed by atoms with Crippen molar-refractivity contribution in [3.8, 4) is 11.8 Å². The third kappa shape index (κ3) is 12.6. The Labute approximate surface area is 464 Å². The molecule has 0 radical (unpaired) electrons. The van der Waals surface area contributed by atoms with Gasteiger partial charge in [0.05, 0.1) is 4.88 Å². The Balaban J connectivity index is 0.817. The van der Waals surface area contributed by atoms with E-state index in [-0.39, 0.29) is 85.0 Å². The number of primary amides is 1. The van der Waals surface area contributed by atoms with Crippen LogP contribution < -0.4 is 27.0 Å². The lowest BCUT2D eigenvalue weighted by Crippen LogP contribution is -2.62. The molecule has 0 spiro atoms. The van der Waals surface area contributed by atoms with Gasteiger partial charge in [-0.15, -0.1) is 11.3 Å². The van der Waals surface area contributed by atoms with Crippen molar-refractivity contribution in [1.82, 2.24) is 40.9 Å². The van der Waals surface area contributed by atoms with E-state index in [4.69, 9.17) is 5.73 Å². The third-order valence-corrected chi connectivity index (χ3v) is 18.7. The molecule has 21 nitrogen and oxygen atoms in total. The average molecular weight is 1150 g/mol. The minimum absolute atomic E-state index is 0.0409. The molecule has 25 heteroatoms. The first-order valence-corrected chi connectivity index (χ1v) is 29.7. The number of nitrogens with zero attached hydrogens (tertiary/aromatic N) is 4. The molecule has 6 atom stereocenters. The van der Waals surface area contributed by atoms with Crippen LogP contribution in [0.5, 0.6) is 0 Å². The Hall–Kier alpha value is -6.64. The van der Waals surface area contributed by atoms with Crippen molar-refractivity contribution in [3.05, 3.63) is 69.6 Å². The second-order valence-corrected chi connectivity index (χ2v) is 24.7. The van der Waals surface area contributed by atoms with Crippen LogP contribution in [-0.2, 0) is 50.3 Å². The van der Waals surface area contributed by atoms with Crippen molar-refractivity contribution in [2.75, 3.05) is 33.2 Å². The third-order valence-electron chi connectivity index (χ3n) is 16.6. The summed E-state index contributed by atoms with van der Waals surface area (Å²) in [4.78, 5) is 147. The van der Waals surface area contributed by atoms with E-state index in [0.717, 1.165) is 48.3 Å². The predicted octanol–water partition coefficient (Wildman–Crippen LogP) is 3.18. The number of fused-ring (bicyclic) bond motifs is 3. The van der Waals surface area contributed by atoms with Gasteiger partial charge in [-0.3, -0.25) is 53.0 Å². The highest BCUT2D eigenvalue weighted by atomic mass is 32.1. The molecule has 1 unspecified atom stereocenters. The van der Waals surface area contributed by atoms with Crippen LogP contribution in [0.2, 0.25) is 0 Å². The molecule has 0 bridgehead atoms. The summed E-state index contributed by atoms with van der Waals surface area (Å²) in [6.07, 6.45) is 7.06. The van der Waals surface area contributed by atoms with Crippen LogP contribution in [-0.4, -0.2) is 152 Å². The zero-order valence-corrected chi connectivity index (χ0v) is 46.0. The molecule has 1 saturated carbocycles. The van der Waals surface area contributed by atoms with Crippen molar-refractivity contribution in [3.63, 3.8) is 0 Å². The Kier molecular flexibility index (Phi) is 17.6. The molecule has 428 valence electrons. The normalized spacial score (nSPS) is 23.1. The van der Waals surface area contributed by atoms with Gasteiger partial charge in [0.15, 0.2) is 0 Å². The predicted molar refractivity (Wildman–Crippen MR) is 287 cm³/mol. The van der Waals surface area contributed by atoms with E-state index in [2.05, 4.69) is 33.1 Å². The number of amides is 9. The number of halogens is 2. The van der Waals surface area contributed by atoms with Crippen molar-refractivity contribution in [1.29, 1.82) is 0 Å². The molecular weight excluding hydrogens is 1080 g/mol. The van der Waals surface area contributed by atoms with Gasteiger partial charge in [-0.2, -0.15) is 8.78 Å². The van der Waals surface area contributed by atoms with Crippen LogP contribution in [0.25, 0.3) is 10.1 Å². The Morgan fingerprint density at radius 1 is 0.938 bits per heavy atom. The standard InChI is InChI=1S/C55H66F2N9O12PS/c1-63-24-23-36-14-16-42(66(36)53(74)40(30-63)60-51(72)44-28-34-27-35(13-18-43(34)80-44)55(56,57)79(76,77)78)50(71)59-39(15-19-45(58)67)48(69)62-47(33-9-4-5-10-33)54(75)64-25-21-31(22-26-64)7-2-3-8-32-11-6-12-37-38(32)29-65(52(37)73)41-17-20-46(68)61-49(41)70/h6,11-13,18,27-28,31,33,36,39-42,47H,2,4-5,7,9-10,14-17,19-26,29-30H2,1H3,(H2,58,67)(H,59,71)(H,60,72)(H,62,69)(H,61,68,70)(H2,76,77,78)/t36-,39+,40+,41?,42+,47+/m1/s1. The summed E-state index contributed by atoms with van der Waals surface area (Å²) in [6, 6.07) is 4.04. The molecule has 9 rings (SSSR count). The number of nitrogens with two attached hydrogens (primary N) is 1. The van der Waals surface area contributed by atoms with Crippen molar-refractivity contribution in [2.24, 2.45) is 17.6 Å². The van der Waals surface area contributed by atoms with Crippen LogP contribution in [0.4, 0.5) is 8.78 Å². The number of piperidine rings is 2. The molecule has 80 heavy (non-hydrogen) atoms. The summed E-state index contributed by atoms with van der Waals surface area (Å²) in [5.74, 6) is 1.96. The van der Waals surface area contributed by atoms with E-state index in [1.807, 2.05) is 11.0 Å². The molecular formula is C55H66F2N9O12PS. The van der Waals surface area contributed by atoms with Crippen LogP contribution in [0.3, 0.4) is 0 Å². The number of benzene rings is 2. The lowest BCUT2D eigenvalue weighted by atomic mass is 9.90. The van der Waals surface area contributed by atoms with Gasteiger partial charge in [-0.25, -0.2) is 0 Å². The van der Waals surface area contributed by atoms with Crippen molar-refractivity contribution in [2.45, 2.75) is 145 Å². The molecule has 5 aliphatic heterocycles. The van der Waals surface area contributed by atoms with E-state index in [0.29, 0.717) is 80.4 Å². The maximum Gasteiger partial charge on any atom is 0.399 e. The fourth-order valence-electron chi connectivity index (χ4n) is 12.2. The fraction of sp³-hybridized carbons (Fsp3) is 0.545. The van der Waals surface area contributed by atoms with Gasteiger partial charge in [-0.05, 0) is 131 Å². The number of nitrogens with one attached hydrogen (secondary N) is 4. The van der Waals surface area contributed by atoms with E-state index in [1.165, 1.54) is 21.9 Å². The number of hydrogen-bond acceptors (Lipinski definition) is 12. The smallest absolute Gasteiger partial charge is 0.370 e. The second kappa shape index (κ2) is 24.2. The molecule has 1 aliphatic carbocycles. The zero-order valence-electron chi connectivity index (χ0n) is 44.3. The first-order chi connectivity index (χ1) is 38.1. The van der Waals surface area contributed by atoms with E-state index < -0.39 is 90.5 Å². The van der Waals surface area contributed by atoms with Crippen LogP contribution in [0, 0.1) is 23.7 Å². The molecule has 8 N–H and O–H groups in total.